The number of rotatable bonds is 1. The van der Waals surface area contributed by atoms with E-state index in [0.717, 1.165) is 29.4 Å². The maximum Gasteiger partial charge on any atom is 0.189 e. The van der Waals surface area contributed by atoms with Gasteiger partial charge in [0.15, 0.2) is 5.16 Å². The Hall–Kier alpha value is -0.810. The highest BCUT2D eigenvalue weighted by Crippen LogP contribution is 2.30. The van der Waals surface area contributed by atoms with E-state index in [2.05, 4.69) is 29.1 Å². The first kappa shape index (κ1) is 10.7. The number of thioether (sulfide) groups is 1. The summed E-state index contributed by atoms with van der Waals surface area (Å²) in [4.78, 5) is 8.83. The van der Waals surface area contributed by atoms with Crippen molar-refractivity contribution in [1.82, 2.24) is 15.3 Å². The van der Waals surface area contributed by atoms with Crippen molar-refractivity contribution in [2.75, 3.05) is 18.5 Å². The Labute approximate surface area is 94.1 Å². The molecule has 0 atom stereocenters. The average molecular weight is 224 g/mol. The highest BCUT2D eigenvalue weighted by atomic mass is 32.2. The van der Waals surface area contributed by atoms with Crippen LogP contribution in [0.1, 0.15) is 25.1 Å². The van der Waals surface area contributed by atoms with Crippen LogP contribution in [0.3, 0.4) is 0 Å². The number of anilines is 1. The van der Waals surface area contributed by atoms with E-state index in [4.69, 9.17) is 5.73 Å². The molecule has 1 aromatic heterocycles. The van der Waals surface area contributed by atoms with Crippen molar-refractivity contribution in [2.45, 2.75) is 31.0 Å². The minimum atomic E-state index is -0.102. The largest absolute Gasteiger partial charge is 0.383 e. The zero-order valence-corrected chi connectivity index (χ0v) is 10.1. The van der Waals surface area contributed by atoms with Crippen molar-refractivity contribution in [3.63, 3.8) is 0 Å². The van der Waals surface area contributed by atoms with E-state index in [1.54, 1.807) is 0 Å². The van der Waals surface area contributed by atoms with Gasteiger partial charge in [0.25, 0.3) is 0 Å². The Morgan fingerprint density at radius 3 is 2.80 bits per heavy atom. The lowest BCUT2D eigenvalue weighted by molar-refractivity contribution is 0.366. The SMILES string of the molecule is CSc1nc(N)c2c(n1)C(C)(C)NCC2. The molecule has 82 valence electrons. The summed E-state index contributed by atoms with van der Waals surface area (Å²) in [6, 6.07) is 0. The molecule has 0 aromatic carbocycles. The first-order valence-corrected chi connectivity index (χ1v) is 6.23. The topological polar surface area (TPSA) is 63.8 Å². The van der Waals surface area contributed by atoms with Crippen molar-refractivity contribution in [2.24, 2.45) is 0 Å². The van der Waals surface area contributed by atoms with Gasteiger partial charge < -0.3 is 11.1 Å². The van der Waals surface area contributed by atoms with E-state index >= 15 is 0 Å². The predicted molar refractivity (Wildman–Crippen MR) is 63.0 cm³/mol. The fraction of sp³-hybridized carbons (Fsp3) is 0.600. The number of hydrogen-bond acceptors (Lipinski definition) is 5. The number of aromatic nitrogens is 2. The number of nitrogen functional groups attached to an aromatic ring is 1. The van der Waals surface area contributed by atoms with Crippen LogP contribution >= 0.6 is 11.8 Å². The summed E-state index contributed by atoms with van der Waals surface area (Å²) < 4.78 is 0. The van der Waals surface area contributed by atoms with Gasteiger partial charge in [-0.2, -0.15) is 0 Å². The van der Waals surface area contributed by atoms with Gasteiger partial charge in [0.1, 0.15) is 5.82 Å². The van der Waals surface area contributed by atoms with E-state index in [9.17, 15) is 0 Å². The van der Waals surface area contributed by atoms with Crippen LogP contribution in [0.4, 0.5) is 5.82 Å². The van der Waals surface area contributed by atoms with Crippen LogP contribution in [-0.4, -0.2) is 22.8 Å². The molecule has 2 heterocycles. The van der Waals surface area contributed by atoms with Crippen LogP contribution < -0.4 is 11.1 Å². The van der Waals surface area contributed by atoms with E-state index in [0.29, 0.717) is 5.82 Å². The molecule has 3 N–H and O–H groups in total. The Kier molecular flexibility index (Phi) is 2.60. The highest BCUT2D eigenvalue weighted by Gasteiger charge is 2.30. The van der Waals surface area contributed by atoms with Gasteiger partial charge in [0.05, 0.1) is 11.2 Å². The van der Waals surface area contributed by atoms with Crippen LogP contribution in [0.2, 0.25) is 0 Å². The molecule has 0 unspecified atom stereocenters. The van der Waals surface area contributed by atoms with E-state index in [1.807, 2.05) is 6.26 Å². The lowest BCUT2D eigenvalue weighted by Gasteiger charge is -2.33. The number of nitrogens with two attached hydrogens (primary N) is 1. The highest BCUT2D eigenvalue weighted by molar-refractivity contribution is 7.98. The van der Waals surface area contributed by atoms with Gasteiger partial charge in [-0.3, -0.25) is 0 Å². The van der Waals surface area contributed by atoms with Crippen molar-refractivity contribution in [3.8, 4) is 0 Å². The zero-order chi connectivity index (χ0) is 11.1. The van der Waals surface area contributed by atoms with Crippen LogP contribution in [0.15, 0.2) is 5.16 Å². The molecule has 0 bridgehead atoms. The summed E-state index contributed by atoms with van der Waals surface area (Å²) in [6.07, 6.45) is 2.88. The maximum atomic E-state index is 5.95. The third-order valence-corrected chi connectivity index (χ3v) is 3.28. The molecule has 0 spiro atoms. The molecule has 0 aliphatic carbocycles. The molecule has 0 saturated heterocycles. The molecule has 5 heteroatoms. The summed E-state index contributed by atoms with van der Waals surface area (Å²) in [5.74, 6) is 0.638. The molecule has 1 aliphatic rings. The molecule has 4 nitrogen and oxygen atoms in total. The lowest BCUT2D eigenvalue weighted by Crippen LogP contribution is -2.43. The quantitative estimate of drug-likeness (QED) is 0.553. The van der Waals surface area contributed by atoms with Gasteiger partial charge >= 0.3 is 0 Å². The summed E-state index contributed by atoms with van der Waals surface area (Å²) in [6.45, 7) is 5.19. The number of nitrogens with one attached hydrogen (secondary N) is 1. The van der Waals surface area contributed by atoms with Crippen LogP contribution in [0, 0.1) is 0 Å². The molecule has 15 heavy (non-hydrogen) atoms. The molecule has 1 aromatic rings. The molecule has 0 radical (unpaired) electrons. The van der Waals surface area contributed by atoms with Crippen molar-refractivity contribution in [3.05, 3.63) is 11.3 Å². The Bertz CT molecular complexity index is 389. The fourth-order valence-corrected chi connectivity index (χ4v) is 2.29. The molecule has 0 saturated carbocycles. The van der Waals surface area contributed by atoms with Crippen molar-refractivity contribution >= 4 is 17.6 Å². The normalized spacial score (nSPS) is 18.6. The Morgan fingerprint density at radius 1 is 1.40 bits per heavy atom. The summed E-state index contributed by atoms with van der Waals surface area (Å²) >= 11 is 1.53. The second-order valence-electron chi connectivity index (χ2n) is 4.22. The third kappa shape index (κ3) is 1.81. The minimum absolute atomic E-state index is 0.102. The minimum Gasteiger partial charge on any atom is -0.383 e. The number of fused-ring (bicyclic) bond motifs is 1. The zero-order valence-electron chi connectivity index (χ0n) is 9.29. The fourth-order valence-electron chi connectivity index (χ4n) is 1.92. The van der Waals surface area contributed by atoms with Gasteiger partial charge in [0.2, 0.25) is 0 Å². The van der Waals surface area contributed by atoms with E-state index < -0.39 is 0 Å². The molecular weight excluding hydrogens is 208 g/mol. The first-order valence-electron chi connectivity index (χ1n) is 5.00. The standard InChI is InChI=1S/C10H16N4S/c1-10(2)7-6(4-5-12-10)8(11)14-9(13-7)15-3/h12H,4-5H2,1-3H3,(H2,11,13,14). The van der Waals surface area contributed by atoms with Gasteiger partial charge in [-0.15, -0.1) is 0 Å². The Balaban J connectivity index is 2.59. The smallest absolute Gasteiger partial charge is 0.189 e. The van der Waals surface area contributed by atoms with Gasteiger partial charge in [0, 0.05) is 12.1 Å². The van der Waals surface area contributed by atoms with Crippen LogP contribution in [0.25, 0.3) is 0 Å². The predicted octanol–water partition coefficient (Wildman–Crippen LogP) is 1.16. The maximum absolute atomic E-state index is 5.95. The third-order valence-electron chi connectivity index (χ3n) is 2.74. The average Bonchev–Trinajstić information content (AvgIpc) is 2.18. The van der Waals surface area contributed by atoms with Crippen LogP contribution in [-0.2, 0) is 12.0 Å². The van der Waals surface area contributed by atoms with Gasteiger partial charge in [-0.1, -0.05) is 11.8 Å². The molecule has 1 aliphatic heterocycles. The monoisotopic (exact) mass is 224 g/mol. The summed E-state index contributed by atoms with van der Waals surface area (Å²) in [5.41, 5.74) is 8.00. The molecule has 0 fully saturated rings. The van der Waals surface area contributed by atoms with Gasteiger partial charge in [-0.25, -0.2) is 9.97 Å². The second-order valence-corrected chi connectivity index (χ2v) is 5.00. The number of nitrogens with zero attached hydrogens (tertiary/aromatic N) is 2. The molecular formula is C10H16N4S. The lowest BCUT2D eigenvalue weighted by atomic mass is 9.90. The summed E-state index contributed by atoms with van der Waals surface area (Å²) in [5, 5.41) is 4.19. The molecule has 0 amide bonds. The first-order chi connectivity index (χ1) is 7.04. The van der Waals surface area contributed by atoms with Crippen molar-refractivity contribution < 1.29 is 0 Å². The van der Waals surface area contributed by atoms with Crippen LogP contribution in [0.5, 0.6) is 0 Å². The van der Waals surface area contributed by atoms with E-state index in [-0.39, 0.29) is 5.54 Å². The second kappa shape index (κ2) is 3.64. The number of hydrogen-bond donors (Lipinski definition) is 2. The van der Waals surface area contributed by atoms with E-state index in [1.165, 1.54) is 11.8 Å². The Morgan fingerprint density at radius 2 is 2.13 bits per heavy atom. The molecule has 2 rings (SSSR count). The van der Waals surface area contributed by atoms with Gasteiger partial charge in [-0.05, 0) is 26.5 Å². The van der Waals surface area contributed by atoms with Crippen molar-refractivity contribution in [1.29, 1.82) is 0 Å². The summed E-state index contributed by atoms with van der Waals surface area (Å²) in [7, 11) is 0.